The van der Waals surface area contributed by atoms with Crippen LogP contribution >= 0.6 is 0 Å². The molecule has 2 atom stereocenters. The molecule has 2 aromatic carbocycles. The van der Waals surface area contributed by atoms with E-state index in [0.717, 1.165) is 25.7 Å². The van der Waals surface area contributed by atoms with Crippen molar-refractivity contribution in [3.8, 4) is 0 Å². The summed E-state index contributed by atoms with van der Waals surface area (Å²) in [5.41, 5.74) is 3.47. The van der Waals surface area contributed by atoms with Crippen LogP contribution in [0.1, 0.15) is 48.8 Å². The van der Waals surface area contributed by atoms with Gasteiger partial charge in [0.15, 0.2) is 0 Å². The number of hydrogen-bond acceptors (Lipinski definition) is 2. The van der Waals surface area contributed by atoms with Gasteiger partial charge in [-0.3, -0.25) is 0 Å². The molecule has 2 heterocycles. The van der Waals surface area contributed by atoms with E-state index in [9.17, 15) is 5.11 Å². The minimum atomic E-state index is -0.651. The van der Waals surface area contributed by atoms with Crippen LogP contribution in [-0.4, -0.2) is 29.1 Å². The number of rotatable bonds is 1. The van der Waals surface area contributed by atoms with Gasteiger partial charge >= 0.3 is 0 Å². The van der Waals surface area contributed by atoms with Gasteiger partial charge in [-0.05, 0) is 73.0 Å². The van der Waals surface area contributed by atoms with Crippen molar-refractivity contribution in [3.63, 3.8) is 0 Å². The third-order valence-electron chi connectivity index (χ3n) is 6.75. The Morgan fingerprint density at radius 1 is 1.00 bits per heavy atom. The van der Waals surface area contributed by atoms with E-state index >= 15 is 0 Å². The van der Waals surface area contributed by atoms with Gasteiger partial charge in [0, 0.05) is 12.1 Å². The average Bonchev–Trinajstić information content (AvgIpc) is 2.95. The first kappa shape index (κ1) is 14.0. The monoisotopic (exact) mass is 307 g/mol. The predicted octanol–water partition coefficient (Wildman–Crippen LogP) is 3.77. The van der Waals surface area contributed by atoms with E-state index in [2.05, 4.69) is 42.3 Å². The molecule has 5 rings (SSSR count). The largest absolute Gasteiger partial charge is 0.385 e. The van der Waals surface area contributed by atoms with Crippen LogP contribution < -0.4 is 0 Å². The fourth-order valence-corrected chi connectivity index (χ4v) is 5.52. The number of fused-ring (bicyclic) bond motifs is 2. The maximum Gasteiger partial charge on any atom is 0.0932 e. The SMILES string of the molecule is CN1C2CCCC1CC(O)(c1ccc3c4c(cccc14)CC3)C2. The molecule has 2 bridgehead atoms. The number of aryl methyl sites for hydroxylation is 2. The number of piperidine rings is 2. The van der Waals surface area contributed by atoms with Gasteiger partial charge in [0.25, 0.3) is 0 Å². The van der Waals surface area contributed by atoms with Crippen LogP contribution in [0, 0.1) is 0 Å². The third kappa shape index (κ3) is 1.95. The third-order valence-corrected chi connectivity index (χ3v) is 6.75. The molecule has 2 aromatic rings. The summed E-state index contributed by atoms with van der Waals surface area (Å²) < 4.78 is 0. The molecule has 0 saturated carbocycles. The Balaban J connectivity index is 1.66. The zero-order chi connectivity index (χ0) is 15.6. The first-order valence-electron chi connectivity index (χ1n) is 9.14. The zero-order valence-electron chi connectivity index (χ0n) is 13.9. The van der Waals surface area contributed by atoms with Gasteiger partial charge in [0.05, 0.1) is 5.60 Å². The topological polar surface area (TPSA) is 23.5 Å². The number of benzene rings is 2. The Labute approximate surface area is 138 Å². The van der Waals surface area contributed by atoms with Crippen molar-refractivity contribution in [1.29, 1.82) is 0 Å². The Morgan fingerprint density at radius 3 is 2.43 bits per heavy atom. The molecule has 0 aromatic heterocycles. The molecule has 2 saturated heterocycles. The molecule has 0 spiro atoms. The van der Waals surface area contributed by atoms with Crippen molar-refractivity contribution in [2.45, 2.75) is 62.6 Å². The van der Waals surface area contributed by atoms with Crippen molar-refractivity contribution in [2.24, 2.45) is 0 Å². The second-order valence-electron chi connectivity index (χ2n) is 7.96. The smallest absolute Gasteiger partial charge is 0.0932 e. The van der Waals surface area contributed by atoms with E-state index in [1.807, 2.05) is 0 Å². The highest BCUT2D eigenvalue weighted by atomic mass is 16.3. The van der Waals surface area contributed by atoms with Crippen LogP contribution in [0.15, 0.2) is 30.3 Å². The van der Waals surface area contributed by atoms with E-state index in [-0.39, 0.29) is 0 Å². The standard InChI is InChI=1S/C21H25NO/c1-22-16-5-3-6-17(22)13-21(23,12-16)19-11-10-15-9-8-14-4-2-7-18(19)20(14)15/h2,4,7,10-11,16-17,23H,3,5-6,8-9,12-13H2,1H3. The molecular weight excluding hydrogens is 282 g/mol. The van der Waals surface area contributed by atoms with Crippen LogP contribution in [0.25, 0.3) is 10.8 Å². The van der Waals surface area contributed by atoms with E-state index in [1.54, 1.807) is 0 Å². The summed E-state index contributed by atoms with van der Waals surface area (Å²) in [5, 5.41) is 14.4. The minimum Gasteiger partial charge on any atom is -0.385 e. The highest BCUT2D eigenvalue weighted by molar-refractivity contribution is 5.93. The predicted molar refractivity (Wildman–Crippen MR) is 93.7 cm³/mol. The van der Waals surface area contributed by atoms with E-state index < -0.39 is 5.60 Å². The molecular formula is C21H25NO. The van der Waals surface area contributed by atoms with Gasteiger partial charge in [0.1, 0.15) is 0 Å². The summed E-state index contributed by atoms with van der Waals surface area (Å²) in [4.78, 5) is 2.53. The van der Waals surface area contributed by atoms with Gasteiger partial charge in [-0.1, -0.05) is 36.8 Å². The highest BCUT2D eigenvalue weighted by Crippen LogP contribution is 2.46. The summed E-state index contributed by atoms with van der Waals surface area (Å²) in [7, 11) is 2.25. The second-order valence-corrected chi connectivity index (χ2v) is 7.96. The lowest BCUT2D eigenvalue weighted by Gasteiger charge is -2.51. The summed E-state index contributed by atoms with van der Waals surface area (Å²) in [5.74, 6) is 0. The number of nitrogens with zero attached hydrogens (tertiary/aromatic N) is 1. The van der Waals surface area contributed by atoms with Crippen molar-refractivity contribution in [3.05, 3.63) is 47.0 Å². The van der Waals surface area contributed by atoms with Crippen molar-refractivity contribution >= 4 is 10.8 Å². The van der Waals surface area contributed by atoms with Crippen molar-refractivity contribution in [2.75, 3.05) is 7.05 Å². The molecule has 120 valence electrons. The summed E-state index contributed by atoms with van der Waals surface area (Å²) in [6.07, 6.45) is 7.87. The van der Waals surface area contributed by atoms with Gasteiger partial charge in [-0.2, -0.15) is 0 Å². The molecule has 2 unspecified atom stereocenters. The second kappa shape index (κ2) is 4.81. The van der Waals surface area contributed by atoms with Crippen LogP contribution in [0.3, 0.4) is 0 Å². The maximum absolute atomic E-state index is 11.6. The van der Waals surface area contributed by atoms with Gasteiger partial charge in [-0.15, -0.1) is 0 Å². The highest BCUT2D eigenvalue weighted by Gasteiger charge is 2.45. The fourth-order valence-electron chi connectivity index (χ4n) is 5.52. The van der Waals surface area contributed by atoms with Gasteiger partial charge in [0.2, 0.25) is 0 Å². The Kier molecular flexibility index (Phi) is 2.93. The number of aliphatic hydroxyl groups is 1. The molecule has 0 amide bonds. The molecule has 1 N–H and O–H groups in total. The molecule has 2 nitrogen and oxygen atoms in total. The molecule has 2 heteroatoms. The first-order valence-corrected chi connectivity index (χ1v) is 9.14. The average molecular weight is 307 g/mol. The summed E-state index contributed by atoms with van der Waals surface area (Å²) >= 11 is 0. The Morgan fingerprint density at radius 2 is 1.70 bits per heavy atom. The Bertz CT molecular complexity index is 757. The normalized spacial score (nSPS) is 33.3. The van der Waals surface area contributed by atoms with Crippen LogP contribution in [0.4, 0.5) is 0 Å². The van der Waals surface area contributed by atoms with E-state index in [0.29, 0.717) is 12.1 Å². The first-order chi connectivity index (χ1) is 11.2. The molecule has 2 aliphatic heterocycles. The van der Waals surface area contributed by atoms with Crippen LogP contribution in [0.5, 0.6) is 0 Å². The molecule has 2 fully saturated rings. The molecule has 23 heavy (non-hydrogen) atoms. The lowest BCUT2D eigenvalue weighted by Crippen LogP contribution is -2.55. The maximum atomic E-state index is 11.6. The summed E-state index contributed by atoms with van der Waals surface area (Å²) in [6.45, 7) is 0. The molecule has 0 radical (unpaired) electrons. The minimum absolute atomic E-state index is 0.538. The summed E-state index contributed by atoms with van der Waals surface area (Å²) in [6, 6.07) is 12.3. The van der Waals surface area contributed by atoms with Gasteiger partial charge in [-0.25, -0.2) is 0 Å². The number of hydrogen-bond donors (Lipinski definition) is 1. The van der Waals surface area contributed by atoms with Crippen molar-refractivity contribution in [1.82, 2.24) is 4.90 Å². The van der Waals surface area contributed by atoms with Gasteiger partial charge < -0.3 is 10.0 Å². The Hall–Kier alpha value is -1.38. The lowest BCUT2D eigenvalue weighted by molar-refractivity contribution is -0.0866. The molecule has 3 aliphatic rings. The van der Waals surface area contributed by atoms with E-state index in [1.165, 1.54) is 46.7 Å². The van der Waals surface area contributed by atoms with Crippen LogP contribution in [0.2, 0.25) is 0 Å². The van der Waals surface area contributed by atoms with Crippen LogP contribution in [-0.2, 0) is 18.4 Å². The quantitative estimate of drug-likeness (QED) is 0.867. The zero-order valence-corrected chi connectivity index (χ0v) is 13.9. The van der Waals surface area contributed by atoms with Crippen molar-refractivity contribution < 1.29 is 5.11 Å². The van der Waals surface area contributed by atoms with E-state index in [4.69, 9.17) is 0 Å². The lowest BCUT2D eigenvalue weighted by atomic mass is 9.71. The molecule has 1 aliphatic carbocycles. The fraction of sp³-hybridized carbons (Fsp3) is 0.524.